The Labute approximate surface area is 115 Å². The Bertz CT molecular complexity index is 357. The van der Waals surface area contributed by atoms with Crippen molar-refractivity contribution in [3.63, 3.8) is 0 Å². The van der Waals surface area contributed by atoms with Gasteiger partial charge in [0.05, 0.1) is 5.01 Å². The van der Waals surface area contributed by atoms with E-state index in [0.29, 0.717) is 6.04 Å². The van der Waals surface area contributed by atoms with Gasteiger partial charge in [0.15, 0.2) is 0 Å². The molecule has 0 bridgehead atoms. The van der Waals surface area contributed by atoms with E-state index >= 15 is 0 Å². The molecule has 18 heavy (non-hydrogen) atoms. The molecule has 1 aliphatic rings. The molecule has 0 aromatic carbocycles. The summed E-state index contributed by atoms with van der Waals surface area (Å²) in [6.45, 7) is 3.34. The van der Waals surface area contributed by atoms with E-state index in [1.165, 1.54) is 43.5 Å². The maximum absolute atomic E-state index is 4.42. The van der Waals surface area contributed by atoms with Crippen LogP contribution in [0, 0.1) is 0 Å². The SMILES string of the molecule is CCCNC(CC1=CCCCC1)Cc1nccs1. The second kappa shape index (κ2) is 7.70. The smallest absolute Gasteiger partial charge is 0.0940 e. The minimum Gasteiger partial charge on any atom is -0.313 e. The zero-order valence-electron chi connectivity index (χ0n) is 11.3. The Balaban J connectivity index is 1.89. The van der Waals surface area contributed by atoms with Gasteiger partial charge >= 0.3 is 0 Å². The molecular formula is C15H24N2S. The number of nitrogens with one attached hydrogen (secondary N) is 1. The summed E-state index contributed by atoms with van der Waals surface area (Å²) in [5.41, 5.74) is 1.66. The molecule has 0 fully saturated rings. The van der Waals surface area contributed by atoms with Crippen LogP contribution in [-0.4, -0.2) is 17.6 Å². The average Bonchev–Trinajstić information content (AvgIpc) is 2.90. The largest absolute Gasteiger partial charge is 0.313 e. The van der Waals surface area contributed by atoms with Crippen molar-refractivity contribution in [2.45, 2.75) is 57.9 Å². The summed E-state index contributed by atoms with van der Waals surface area (Å²) in [5.74, 6) is 0. The summed E-state index contributed by atoms with van der Waals surface area (Å²) in [7, 11) is 0. The van der Waals surface area contributed by atoms with E-state index in [2.05, 4.69) is 28.7 Å². The number of nitrogens with zero attached hydrogens (tertiary/aromatic N) is 1. The molecule has 1 heterocycles. The second-order valence-electron chi connectivity index (χ2n) is 5.09. The van der Waals surface area contributed by atoms with E-state index in [1.807, 2.05) is 6.20 Å². The van der Waals surface area contributed by atoms with Crippen molar-refractivity contribution in [2.24, 2.45) is 0 Å². The van der Waals surface area contributed by atoms with Crippen molar-refractivity contribution in [3.05, 3.63) is 28.2 Å². The van der Waals surface area contributed by atoms with E-state index in [-0.39, 0.29) is 0 Å². The lowest BCUT2D eigenvalue weighted by molar-refractivity contribution is 0.489. The van der Waals surface area contributed by atoms with Crippen molar-refractivity contribution in [2.75, 3.05) is 6.54 Å². The number of hydrogen-bond acceptors (Lipinski definition) is 3. The van der Waals surface area contributed by atoms with Gasteiger partial charge in [0, 0.05) is 24.0 Å². The first-order valence-electron chi connectivity index (χ1n) is 7.18. The molecule has 1 atom stereocenters. The molecular weight excluding hydrogens is 240 g/mol. The zero-order valence-corrected chi connectivity index (χ0v) is 12.1. The topological polar surface area (TPSA) is 24.9 Å². The zero-order chi connectivity index (χ0) is 12.6. The lowest BCUT2D eigenvalue weighted by Gasteiger charge is -2.21. The summed E-state index contributed by atoms with van der Waals surface area (Å²) >= 11 is 1.78. The van der Waals surface area contributed by atoms with Crippen molar-refractivity contribution < 1.29 is 0 Å². The highest BCUT2D eigenvalue weighted by atomic mass is 32.1. The van der Waals surface area contributed by atoms with Gasteiger partial charge in [-0.1, -0.05) is 18.6 Å². The van der Waals surface area contributed by atoms with E-state index in [4.69, 9.17) is 0 Å². The van der Waals surface area contributed by atoms with Crippen molar-refractivity contribution in [3.8, 4) is 0 Å². The van der Waals surface area contributed by atoms with Gasteiger partial charge < -0.3 is 5.32 Å². The average molecular weight is 264 g/mol. The van der Waals surface area contributed by atoms with Gasteiger partial charge in [-0.05, 0) is 45.1 Å². The Kier molecular flexibility index (Phi) is 5.88. The van der Waals surface area contributed by atoms with E-state index in [9.17, 15) is 0 Å². The summed E-state index contributed by atoms with van der Waals surface area (Å²) in [5, 5.41) is 7.02. The van der Waals surface area contributed by atoms with Crippen LogP contribution in [0.25, 0.3) is 0 Å². The highest BCUT2D eigenvalue weighted by molar-refractivity contribution is 7.09. The second-order valence-corrected chi connectivity index (χ2v) is 6.07. The summed E-state index contributed by atoms with van der Waals surface area (Å²) in [6, 6.07) is 0.570. The fraction of sp³-hybridized carbons (Fsp3) is 0.667. The molecule has 1 aromatic rings. The van der Waals surface area contributed by atoms with Gasteiger partial charge in [0.1, 0.15) is 0 Å². The third kappa shape index (κ3) is 4.54. The Morgan fingerprint density at radius 2 is 2.33 bits per heavy atom. The van der Waals surface area contributed by atoms with Crippen LogP contribution in [0.5, 0.6) is 0 Å². The fourth-order valence-corrected chi connectivity index (χ4v) is 3.23. The van der Waals surface area contributed by atoms with E-state index in [0.717, 1.165) is 13.0 Å². The fourth-order valence-electron chi connectivity index (χ4n) is 2.54. The van der Waals surface area contributed by atoms with Crippen LogP contribution in [0.1, 0.15) is 50.5 Å². The van der Waals surface area contributed by atoms with Crippen LogP contribution in [0.4, 0.5) is 0 Å². The van der Waals surface area contributed by atoms with Crippen molar-refractivity contribution in [1.82, 2.24) is 10.3 Å². The third-order valence-electron chi connectivity index (χ3n) is 3.48. The number of aromatic nitrogens is 1. The molecule has 0 spiro atoms. The first-order valence-corrected chi connectivity index (χ1v) is 8.06. The number of thiazole rings is 1. The standard InChI is InChI=1S/C15H24N2S/c1-2-8-16-14(12-15-17-9-10-18-15)11-13-6-4-3-5-7-13/h6,9-10,14,16H,2-5,7-8,11-12H2,1H3. The van der Waals surface area contributed by atoms with Crippen LogP contribution in [0.2, 0.25) is 0 Å². The Hall–Kier alpha value is -0.670. The van der Waals surface area contributed by atoms with E-state index in [1.54, 1.807) is 16.9 Å². The van der Waals surface area contributed by atoms with Crippen LogP contribution in [-0.2, 0) is 6.42 Å². The quantitative estimate of drug-likeness (QED) is 0.754. The molecule has 1 N–H and O–H groups in total. The Morgan fingerprint density at radius 1 is 1.39 bits per heavy atom. The minimum atomic E-state index is 0.570. The number of allylic oxidation sites excluding steroid dienone is 1. The van der Waals surface area contributed by atoms with Gasteiger partial charge in [-0.25, -0.2) is 4.98 Å². The minimum absolute atomic E-state index is 0.570. The van der Waals surface area contributed by atoms with Crippen LogP contribution in [0.3, 0.4) is 0 Å². The van der Waals surface area contributed by atoms with Gasteiger partial charge in [0.2, 0.25) is 0 Å². The first kappa shape index (κ1) is 13.8. The summed E-state index contributed by atoms with van der Waals surface area (Å²) in [6.07, 6.45) is 13.2. The molecule has 1 aliphatic carbocycles. The normalized spacial score (nSPS) is 17.5. The van der Waals surface area contributed by atoms with Crippen LogP contribution >= 0.6 is 11.3 Å². The third-order valence-corrected chi connectivity index (χ3v) is 4.28. The monoisotopic (exact) mass is 264 g/mol. The molecule has 3 heteroatoms. The molecule has 0 aliphatic heterocycles. The summed E-state index contributed by atoms with van der Waals surface area (Å²) < 4.78 is 0. The molecule has 1 aromatic heterocycles. The molecule has 0 saturated carbocycles. The molecule has 0 amide bonds. The van der Waals surface area contributed by atoms with Crippen molar-refractivity contribution in [1.29, 1.82) is 0 Å². The molecule has 100 valence electrons. The predicted molar refractivity (Wildman–Crippen MR) is 79.1 cm³/mol. The number of hydrogen-bond donors (Lipinski definition) is 1. The Morgan fingerprint density at radius 3 is 3.00 bits per heavy atom. The highest BCUT2D eigenvalue weighted by Gasteiger charge is 2.14. The lowest BCUT2D eigenvalue weighted by atomic mass is 9.93. The maximum Gasteiger partial charge on any atom is 0.0940 e. The van der Waals surface area contributed by atoms with Gasteiger partial charge in [-0.3, -0.25) is 0 Å². The van der Waals surface area contributed by atoms with Gasteiger partial charge in [0.25, 0.3) is 0 Å². The maximum atomic E-state index is 4.42. The lowest BCUT2D eigenvalue weighted by Crippen LogP contribution is -2.32. The van der Waals surface area contributed by atoms with E-state index < -0.39 is 0 Å². The van der Waals surface area contributed by atoms with Crippen LogP contribution in [0.15, 0.2) is 23.2 Å². The molecule has 0 radical (unpaired) electrons. The molecule has 2 nitrogen and oxygen atoms in total. The molecule has 0 saturated heterocycles. The summed E-state index contributed by atoms with van der Waals surface area (Å²) in [4.78, 5) is 4.42. The molecule has 1 unspecified atom stereocenters. The van der Waals surface area contributed by atoms with Crippen molar-refractivity contribution >= 4 is 11.3 Å². The first-order chi connectivity index (χ1) is 8.88. The highest BCUT2D eigenvalue weighted by Crippen LogP contribution is 2.22. The predicted octanol–water partition coefficient (Wildman–Crippen LogP) is 3.94. The van der Waals surface area contributed by atoms with Gasteiger partial charge in [-0.15, -0.1) is 11.3 Å². The van der Waals surface area contributed by atoms with Gasteiger partial charge in [-0.2, -0.15) is 0 Å². The molecule has 2 rings (SSSR count). The number of rotatable bonds is 7. The van der Waals surface area contributed by atoms with Crippen LogP contribution < -0.4 is 5.32 Å².